The van der Waals surface area contributed by atoms with E-state index in [-0.39, 0.29) is 0 Å². The van der Waals surface area contributed by atoms with Crippen molar-refractivity contribution in [2.24, 2.45) is 5.16 Å². The standard InChI is InChI=1S/C15H18N3O/c1-14-5-2-7-17(12-14)9-4-10-18-8-3-6-15(13-18)11-16-19/h2-3,5-8,11-13H,4,9-10H2,1H3/q+1/p+1/b16-11+. The number of aromatic nitrogens is 2. The Hall–Kier alpha value is -2.23. The molecule has 0 aliphatic heterocycles. The molecule has 2 aromatic rings. The molecule has 0 amide bonds. The average molecular weight is 257 g/mol. The molecular weight excluding hydrogens is 238 g/mol. The van der Waals surface area contributed by atoms with E-state index in [0.717, 1.165) is 25.1 Å². The van der Waals surface area contributed by atoms with E-state index in [1.807, 2.05) is 24.5 Å². The Morgan fingerprint density at radius 1 is 1.11 bits per heavy atom. The lowest BCUT2D eigenvalue weighted by atomic mass is 10.3. The van der Waals surface area contributed by atoms with Crippen molar-refractivity contribution in [1.82, 2.24) is 0 Å². The molecule has 1 N–H and O–H groups in total. The summed E-state index contributed by atoms with van der Waals surface area (Å²) in [6.45, 7) is 4.03. The van der Waals surface area contributed by atoms with Crippen LogP contribution in [0.1, 0.15) is 17.5 Å². The Bertz CT molecular complexity index is 567. The Balaban J connectivity index is 1.90. The molecule has 2 aromatic heterocycles. The Labute approximate surface area is 113 Å². The van der Waals surface area contributed by atoms with E-state index in [0.29, 0.717) is 0 Å². The first kappa shape index (κ1) is 13.2. The van der Waals surface area contributed by atoms with Crippen molar-refractivity contribution in [2.75, 3.05) is 0 Å². The summed E-state index contributed by atoms with van der Waals surface area (Å²) in [6.07, 6.45) is 10.7. The molecule has 2 rings (SSSR count). The van der Waals surface area contributed by atoms with Gasteiger partial charge in [0.1, 0.15) is 0 Å². The molecule has 0 aliphatic carbocycles. The van der Waals surface area contributed by atoms with E-state index in [9.17, 15) is 0 Å². The quantitative estimate of drug-likeness (QED) is 0.375. The summed E-state index contributed by atoms with van der Waals surface area (Å²) in [7, 11) is 0. The second-order valence-electron chi connectivity index (χ2n) is 4.59. The third kappa shape index (κ3) is 4.17. The van der Waals surface area contributed by atoms with Crippen LogP contribution >= 0.6 is 0 Å². The lowest BCUT2D eigenvalue weighted by molar-refractivity contribution is -0.727. The van der Waals surface area contributed by atoms with Crippen LogP contribution in [-0.2, 0) is 13.1 Å². The number of aryl methyl sites for hydroxylation is 3. The summed E-state index contributed by atoms with van der Waals surface area (Å²) >= 11 is 0. The van der Waals surface area contributed by atoms with Gasteiger partial charge in [-0.3, -0.25) is 0 Å². The second kappa shape index (κ2) is 6.64. The van der Waals surface area contributed by atoms with Gasteiger partial charge in [0.2, 0.25) is 0 Å². The van der Waals surface area contributed by atoms with Crippen molar-refractivity contribution in [3.8, 4) is 0 Å². The number of pyridine rings is 2. The average Bonchev–Trinajstić information content (AvgIpc) is 2.40. The molecule has 0 aromatic carbocycles. The summed E-state index contributed by atoms with van der Waals surface area (Å²) in [5.41, 5.74) is 2.17. The Morgan fingerprint density at radius 3 is 2.47 bits per heavy atom. The molecule has 0 unspecified atom stereocenters. The number of nitrogens with zero attached hydrogens (tertiary/aromatic N) is 3. The smallest absolute Gasteiger partial charge is 0.177 e. The zero-order valence-corrected chi connectivity index (χ0v) is 11.1. The summed E-state index contributed by atoms with van der Waals surface area (Å²) in [4.78, 5) is 0. The van der Waals surface area contributed by atoms with Gasteiger partial charge in [-0.15, -0.1) is 0 Å². The van der Waals surface area contributed by atoms with Gasteiger partial charge in [-0.1, -0.05) is 5.16 Å². The maximum atomic E-state index is 8.52. The predicted octanol–water partition coefficient (Wildman–Crippen LogP) is 1.47. The van der Waals surface area contributed by atoms with Crippen LogP contribution in [0.4, 0.5) is 0 Å². The molecule has 2 heterocycles. The van der Waals surface area contributed by atoms with Crippen molar-refractivity contribution in [2.45, 2.75) is 26.4 Å². The van der Waals surface area contributed by atoms with Crippen molar-refractivity contribution in [3.05, 3.63) is 60.2 Å². The minimum absolute atomic E-state index is 0.896. The fraction of sp³-hybridized carbons (Fsp3) is 0.267. The summed E-state index contributed by atoms with van der Waals surface area (Å²) < 4.78 is 4.31. The van der Waals surface area contributed by atoms with Gasteiger partial charge in [0.05, 0.1) is 18.2 Å². The molecule has 19 heavy (non-hydrogen) atoms. The van der Waals surface area contributed by atoms with E-state index >= 15 is 0 Å². The van der Waals surface area contributed by atoms with Crippen LogP contribution in [-0.4, -0.2) is 11.4 Å². The first-order valence-corrected chi connectivity index (χ1v) is 6.40. The van der Waals surface area contributed by atoms with Gasteiger partial charge in [-0.25, -0.2) is 9.13 Å². The highest BCUT2D eigenvalue weighted by molar-refractivity contribution is 5.77. The van der Waals surface area contributed by atoms with Crippen LogP contribution in [0.5, 0.6) is 0 Å². The highest BCUT2D eigenvalue weighted by atomic mass is 16.4. The van der Waals surface area contributed by atoms with Gasteiger partial charge >= 0.3 is 0 Å². The van der Waals surface area contributed by atoms with Crippen LogP contribution in [0, 0.1) is 6.92 Å². The van der Waals surface area contributed by atoms with Gasteiger partial charge in [0.15, 0.2) is 37.9 Å². The first-order valence-electron chi connectivity index (χ1n) is 6.40. The molecule has 0 radical (unpaired) electrons. The number of rotatable bonds is 5. The lowest BCUT2D eigenvalue weighted by Crippen LogP contribution is -2.38. The molecular formula is C15H19N3O+2. The Kier molecular flexibility index (Phi) is 4.61. The zero-order chi connectivity index (χ0) is 13.5. The molecule has 98 valence electrons. The van der Waals surface area contributed by atoms with Gasteiger partial charge in [-0.2, -0.15) is 0 Å². The van der Waals surface area contributed by atoms with E-state index in [1.54, 1.807) is 0 Å². The summed E-state index contributed by atoms with van der Waals surface area (Å²) in [5, 5.41) is 11.6. The topological polar surface area (TPSA) is 40.3 Å². The fourth-order valence-electron chi connectivity index (χ4n) is 2.05. The van der Waals surface area contributed by atoms with Crippen LogP contribution in [0.2, 0.25) is 0 Å². The van der Waals surface area contributed by atoms with Crippen molar-refractivity contribution < 1.29 is 14.3 Å². The molecule has 4 heteroatoms. The monoisotopic (exact) mass is 257 g/mol. The number of hydrogen-bond acceptors (Lipinski definition) is 2. The van der Waals surface area contributed by atoms with E-state index in [1.165, 1.54) is 11.8 Å². The second-order valence-corrected chi connectivity index (χ2v) is 4.59. The van der Waals surface area contributed by atoms with E-state index < -0.39 is 0 Å². The molecule has 0 saturated carbocycles. The minimum Gasteiger partial charge on any atom is -0.411 e. The number of oxime groups is 1. The minimum atomic E-state index is 0.896. The molecule has 4 nitrogen and oxygen atoms in total. The van der Waals surface area contributed by atoms with Gasteiger partial charge in [0, 0.05) is 17.7 Å². The first-order chi connectivity index (χ1) is 9.28. The molecule has 0 fully saturated rings. The van der Waals surface area contributed by atoms with Crippen molar-refractivity contribution in [1.29, 1.82) is 0 Å². The SMILES string of the molecule is Cc1ccc[n+](CCC[n+]2cccc(/C=N/O)c2)c1. The maximum absolute atomic E-state index is 8.52. The third-order valence-electron chi connectivity index (χ3n) is 2.93. The highest BCUT2D eigenvalue weighted by Crippen LogP contribution is 1.92. The molecule has 0 saturated heterocycles. The highest BCUT2D eigenvalue weighted by Gasteiger charge is 2.05. The summed E-state index contributed by atoms with van der Waals surface area (Å²) in [6, 6.07) is 8.03. The fourth-order valence-corrected chi connectivity index (χ4v) is 2.05. The van der Waals surface area contributed by atoms with Crippen LogP contribution < -0.4 is 9.13 Å². The van der Waals surface area contributed by atoms with Crippen LogP contribution in [0.25, 0.3) is 0 Å². The van der Waals surface area contributed by atoms with Crippen LogP contribution in [0.15, 0.2) is 54.2 Å². The Morgan fingerprint density at radius 2 is 1.79 bits per heavy atom. The molecule has 0 atom stereocenters. The largest absolute Gasteiger partial charge is 0.411 e. The van der Waals surface area contributed by atoms with Gasteiger partial charge in [0.25, 0.3) is 0 Å². The summed E-state index contributed by atoms with van der Waals surface area (Å²) in [5.74, 6) is 0. The zero-order valence-electron chi connectivity index (χ0n) is 11.1. The van der Waals surface area contributed by atoms with Crippen LogP contribution in [0.3, 0.4) is 0 Å². The maximum Gasteiger partial charge on any atom is 0.177 e. The third-order valence-corrected chi connectivity index (χ3v) is 2.93. The van der Waals surface area contributed by atoms with Crippen molar-refractivity contribution in [3.63, 3.8) is 0 Å². The predicted molar refractivity (Wildman–Crippen MR) is 72.0 cm³/mol. The van der Waals surface area contributed by atoms with E-state index in [4.69, 9.17) is 5.21 Å². The lowest BCUT2D eigenvalue weighted by Gasteiger charge is -1.98. The number of hydrogen-bond donors (Lipinski definition) is 1. The van der Waals surface area contributed by atoms with Gasteiger partial charge < -0.3 is 5.21 Å². The van der Waals surface area contributed by atoms with Gasteiger partial charge in [-0.05, 0) is 19.1 Å². The normalized spacial score (nSPS) is 11.0. The van der Waals surface area contributed by atoms with Crippen molar-refractivity contribution >= 4 is 6.21 Å². The molecule has 0 bridgehead atoms. The molecule has 0 spiro atoms. The molecule has 0 aliphatic rings. The van der Waals surface area contributed by atoms with E-state index in [2.05, 4.69) is 45.7 Å².